The number of nitrogens with one attached hydrogen (secondary N) is 1. The maximum atomic E-state index is 12.5. The SMILES string of the molecule is COCCCC(=O)c1ccc2c(c1)nc(Nc1cccc(Cl)c1)c1ccncc12. The lowest BCUT2D eigenvalue weighted by atomic mass is 10.0. The molecule has 2 aromatic heterocycles. The summed E-state index contributed by atoms with van der Waals surface area (Å²) in [6.07, 6.45) is 4.71. The number of nitrogens with zero attached hydrogens (tertiary/aromatic N) is 2. The van der Waals surface area contributed by atoms with E-state index in [1.165, 1.54) is 0 Å². The van der Waals surface area contributed by atoms with E-state index in [-0.39, 0.29) is 5.78 Å². The number of ether oxygens (including phenoxy) is 1. The Morgan fingerprint density at radius 3 is 2.83 bits per heavy atom. The third kappa shape index (κ3) is 4.21. The molecule has 1 N–H and O–H groups in total. The zero-order valence-corrected chi connectivity index (χ0v) is 16.7. The number of pyridine rings is 2. The Labute approximate surface area is 173 Å². The molecule has 0 radical (unpaired) electrons. The predicted molar refractivity (Wildman–Crippen MR) is 117 cm³/mol. The number of hydrogen-bond donors (Lipinski definition) is 1. The number of benzene rings is 2. The van der Waals surface area contributed by atoms with Crippen molar-refractivity contribution in [3.63, 3.8) is 0 Å². The van der Waals surface area contributed by atoms with E-state index in [0.29, 0.717) is 35.9 Å². The van der Waals surface area contributed by atoms with Crippen LogP contribution in [0.2, 0.25) is 5.02 Å². The molecule has 0 unspecified atom stereocenters. The van der Waals surface area contributed by atoms with Crippen molar-refractivity contribution in [2.45, 2.75) is 12.8 Å². The van der Waals surface area contributed by atoms with Crippen LogP contribution >= 0.6 is 11.6 Å². The third-order valence-corrected chi connectivity index (χ3v) is 4.99. The van der Waals surface area contributed by atoms with Gasteiger partial charge < -0.3 is 10.1 Å². The van der Waals surface area contributed by atoms with E-state index >= 15 is 0 Å². The molecule has 0 spiro atoms. The first-order chi connectivity index (χ1) is 14.2. The molecule has 0 aliphatic rings. The summed E-state index contributed by atoms with van der Waals surface area (Å²) in [6, 6.07) is 15.1. The summed E-state index contributed by atoms with van der Waals surface area (Å²) in [7, 11) is 1.64. The number of fused-ring (bicyclic) bond motifs is 3. The van der Waals surface area contributed by atoms with Crippen LogP contribution < -0.4 is 5.32 Å². The number of carbonyl (C=O) groups is 1. The van der Waals surface area contributed by atoms with Crippen molar-refractivity contribution in [3.8, 4) is 0 Å². The van der Waals surface area contributed by atoms with Crippen molar-refractivity contribution >= 4 is 50.6 Å². The van der Waals surface area contributed by atoms with Crippen LogP contribution in [0.1, 0.15) is 23.2 Å². The van der Waals surface area contributed by atoms with Gasteiger partial charge >= 0.3 is 0 Å². The predicted octanol–water partition coefficient (Wildman–Crippen LogP) is 5.79. The Hall–Kier alpha value is -3.02. The van der Waals surface area contributed by atoms with Gasteiger partial charge in [0, 0.05) is 65.0 Å². The maximum Gasteiger partial charge on any atom is 0.163 e. The summed E-state index contributed by atoms with van der Waals surface area (Å²) in [5.41, 5.74) is 2.24. The molecule has 6 heteroatoms. The van der Waals surface area contributed by atoms with E-state index in [4.69, 9.17) is 21.3 Å². The second kappa shape index (κ2) is 8.55. The number of carbonyl (C=O) groups excluding carboxylic acids is 1. The van der Waals surface area contributed by atoms with Gasteiger partial charge in [-0.15, -0.1) is 0 Å². The Morgan fingerprint density at radius 2 is 2.00 bits per heavy atom. The molecule has 29 heavy (non-hydrogen) atoms. The zero-order chi connectivity index (χ0) is 20.2. The zero-order valence-electron chi connectivity index (χ0n) is 16.0. The average Bonchev–Trinajstić information content (AvgIpc) is 2.73. The molecule has 0 amide bonds. The van der Waals surface area contributed by atoms with Gasteiger partial charge in [-0.3, -0.25) is 9.78 Å². The minimum atomic E-state index is 0.0846. The van der Waals surface area contributed by atoms with Crippen LogP contribution in [-0.2, 0) is 4.74 Å². The van der Waals surface area contributed by atoms with Gasteiger partial charge in [0.15, 0.2) is 5.78 Å². The second-order valence-corrected chi connectivity index (χ2v) is 7.20. The summed E-state index contributed by atoms with van der Waals surface area (Å²) < 4.78 is 5.04. The molecule has 2 heterocycles. The van der Waals surface area contributed by atoms with Gasteiger partial charge in [-0.2, -0.15) is 0 Å². The van der Waals surface area contributed by atoms with Crippen LogP contribution in [0.4, 0.5) is 11.5 Å². The van der Waals surface area contributed by atoms with E-state index in [2.05, 4.69) is 10.3 Å². The number of hydrogen-bond acceptors (Lipinski definition) is 5. The molecule has 4 rings (SSSR count). The highest BCUT2D eigenvalue weighted by molar-refractivity contribution is 6.30. The summed E-state index contributed by atoms with van der Waals surface area (Å²) in [5, 5.41) is 6.87. The quantitative estimate of drug-likeness (QED) is 0.239. The van der Waals surface area contributed by atoms with Crippen molar-refractivity contribution in [1.29, 1.82) is 0 Å². The maximum absolute atomic E-state index is 12.5. The largest absolute Gasteiger partial charge is 0.385 e. The monoisotopic (exact) mass is 405 g/mol. The molecule has 0 saturated carbocycles. The van der Waals surface area contributed by atoms with Crippen LogP contribution in [-0.4, -0.2) is 29.5 Å². The molecular formula is C23H20ClN3O2. The number of methoxy groups -OCH3 is 1. The molecule has 0 saturated heterocycles. The first-order valence-electron chi connectivity index (χ1n) is 9.38. The Morgan fingerprint density at radius 1 is 1.10 bits per heavy atom. The molecular weight excluding hydrogens is 386 g/mol. The summed E-state index contributed by atoms with van der Waals surface area (Å²) >= 11 is 6.12. The first-order valence-corrected chi connectivity index (χ1v) is 9.76. The summed E-state index contributed by atoms with van der Waals surface area (Å²) in [6.45, 7) is 0.571. The van der Waals surface area contributed by atoms with Crippen molar-refractivity contribution < 1.29 is 9.53 Å². The van der Waals surface area contributed by atoms with E-state index < -0.39 is 0 Å². The molecule has 0 fully saturated rings. The van der Waals surface area contributed by atoms with Crippen LogP contribution in [0.5, 0.6) is 0 Å². The topological polar surface area (TPSA) is 64.1 Å². The van der Waals surface area contributed by atoms with Gasteiger partial charge in [-0.05, 0) is 36.8 Å². The molecule has 0 aliphatic heterocycles. The highest BCUT2D eigenvalue weighted by Gasteiger charge is 2.12. The highest BCUT2D eigenvalue weighted by atomic mass is 35.5. The molecule has 5 nitrogen and oxygen atoms in total. The Bertz CT molecular complexity index is 1190. The van der Waals surface area contributed by atoms with Gasteiger partial charge in [0.25, 0.3) is 0 Å². The number of rotatable bonds is 7. The lowest BCUT2D eigenvalue weighted by Crippen LogP contribution is -2.02. The van der Waals surface area contributed by atoms with Crippen LogP contribution in [0.3, 0.4) is 0 Å². The van der Waals surface area contributed by atoms with Crippen LogP contribution in [0, 0.1) is 0 Å². The molecule has 146 valence electrons. The summed E-state index contributed by atoms with van der Waals surface area (Å²) in [5.74, 6) is 0.780. The summed E-state index contributed by atoms with van der Waals surface area (Å²) in [4.78, 5) is 21.6. The Balaban J connectivity index is 1.78. The van der Waals surface area contributed by atoms with Crippen LogP contribution in [0.25, 0.3) is 21.7 Å². The smallest absolute Gasteiger partial charge is 0.163 e. The number of aromatic nitrogens is 2. The lowest BCUT2D eigenvalue weighted by molar-refractivity contribution is 0.0963. The van der Waals surface area contributed by atoms with Crippen molar-refractivity contribution in [2.75, 3.05) is 19.0 Å². The molecule has 2 aromatic carbocycles. The molecule has 0 aliphatic carbocycles. The van der Waals surface area contributed by atoms with Crippen molar-refractivity contribution in [2.24, 2.45) is 0 Å². The second-order valence-electron chi connectivity index (χ2n) is 6.77. The first kappa shape index (κ1) is 19.3. The van der Waals surface area contributed by atoms with Gasteiger partial charge in [0.2, 0.25) is 0 Å². The van der Waals surface area contributed by atoms with Gasteiger partial charge in [-0.1, -0.05) is 29.8 Å². The van der Waals surface area contributed by atoms with E-state index in [0.717, 1.165) is 27.4 Å². The Kier molecular flexibility index (Phi) is 5.69. The number of anilines is 2. The fourth-order valence-corrected chi connectivity index (χ4v) is 3.53. The van der Waals surface area contributed by atoms with Gasteiger partial charge in [-0.25, -0.2) is 4.98 Å². The highest BCUT2D eigenvalue weighted by Crippen LogP contribution is 2.31. The van der Waals surface area contributed by atoms with E-state index in [9.17, 15) is 4.79 Å². The number of ketones is 1. The fraction of sp³-hybridized carbons (Fsp3) is 0.174. The van der Waals surface area contributed by atoms with E-state index in [1.54, 1.807) is 13.3 Å². The normalized spacial score (nSPS) is 11.1. The lowest BCUT2D eigenvalue weighted by Gasteiger charge is -2.12. The average molecular weight is 406 g/mol. The van der Waals surface area contributed by atoms with Crippen molar-refractivity contribution in [3.05, 3.63) is 71.5 Å². The van der Waals surface area contributed by atoms with Crippen LogP contribution in [0.15, 0.2) is 60.9 Å². The van der Waals surface area contributed by atoms with Gasteiger partial charge in [0.05, 0.1) is 5.52 Å². The molecule has 0 atom stereocenters. The minimum Gasteiger partial charge on any atom is -0.385 e. The molecule has 4 aromatic rings. The minimum absolute atomic E-state index is 0.0846. The number of Topliss-reactive ketones (excluding diaryl/α,β-unsaturated/α-hetero) is 1. The fourth-order valence-electron chi connectivity index (χ4n) is 3.34. The van der Waals surface area contributed by atoms with Gasteiger partial charge in [0.1, 0.15) is 5.82 Å². The standard InChI is InChI=1S/C23H20ClN3O2/c1-29-11-3-6-22(28)15-7-8-18-20-14-25-10-9-19(20)23(27-21(18)12-15)26-17-5-2-4-16(24)13-17/h2,4-5,7-10,12-14H,3,6,11H2,1H3,(H,26,27). The number of halogens is 1. The van der Waals surface area contributed by atoms with Crippen molar-refractivity contribution in [1.82, 2.24) is 9.97 Å². The third-order valence-electron chi connectivity index (χ3n) is 4.76. The molecule has 0 bridgehead atoms. The van der Waals surface area contributed by atoms with E-state index in [1.807, 2.05) is 54.7 Å².